The molecule has 4 rings (SSSR count). The first-order chi connectivity index (χ1) is 15.3. The van der Waals surface area contributed by atoms with Crippen LogP contribution >= 0.6 is 0 Å². The third-order valence-corrected chi connectivity index (χ3v) is 4.58. The monoisotopic (exact) mass is 406 g/mol. The van der Waals surface area contributed by atoms with E-state index in [1.807, 2.05) is 103 Å². The Labute approximate surface area is 181 Å². The van der Waals surface area contributed by atoms with Crippen molar-refractivity contribution in [3.63, 3.8) is 0 Å². The fraction of sp³-hybridized carbons (Fsp3) is 0.0385. The number of para-hydroxylation sites is 3. The van der Waals surface area contributed by atoms with Crippen LogP contribution in [0.4, 0.5) is 5.69 Å². The van der Waals surface area contributed by atoms with Gasteiger partial charge >= 0.3 is 0 Å². The number of pyridine rings is 1. The number of methoxy groups -OCH3 is 1. The topological polar surface area (TPSA) is 58.9 Å². The Morgan fingerprint density at radius 2 is 1.65 bits per heavy atom. The van der Waals surface area contributed by atoms with Crippen molar-refractivity contribution in [2.75, 3.05) is 7.11 Å². The fourth-order valence-electron chi connectivity index (χ4n) is 3.04. The van der Waals surface area contributed by atoms with Gasteiger partial charge in [-0.25, -0.2) is 9.98 Å². The molecule has 0 fully saturated rings. The Morgan fingerprint density at radius 1 is 0.871 bits per heavy atom. The highest BCUT2D eigenvalue weighted by molar-refractivity contribution is 6.01. The number of benzene rings is 3. The summed E-state index contributed by atoms with van der Waals surface area (Å²) in [5.74, 6) is 1.20. The quantitative estimate of drug-likeness (QED) is 0.257. The predicted octanol–water partition coefficient (Wildman–Crippen LogP) is 5.61. The number of hydrogen-bond donors (Lipinski definition) is 1. The Hall–Kier alpha value is -4.25. The molecule has 0 saturated carbocycles. The molecule has 152 valence electrons. The van der Waals surface area contributed by atoms with Crippen molar-refractivity contribution in [1.82, 2.24) is 10.4 Å². The van der Waals surface area contributed by atoms with Crippen LogP contribution in [-0.2, 0) is 0 Å². The van der Waals surface area contributed by atoms with Gasteiger partial charge in [-0.3, -0.25) is 5.43 Å². The van der Waals surface area contributed by atoms with Gasteiger partial charge in [0, 0.05) is 11.6 Å². The summed E-state index contributed by atoms with van der Waals surface area (Å²) in [5.41, 5.74) is 6.41. The highest BCUT2D eigenvalue weighted by atomic mass is 16.5. The Bertz CT molecular complexity index is 1250. The second-order valence-corrected chi connectivity index (χ2v) is 6.68. The van der Waals surface area contributed by atoms with Gasteiger partial charge in [-0.15, -0.1) is 0 Å². The number of rotatable bonds is 6. The van der Waals surface area contributed by atoms with E-state index in [2.05, 4.69) is 10.5 Å². The molecule has 0 spiro atoms. The van der Waals surface area contributed by atoms with E-state index in [1.165, 1.54) is 0 Å². The summed E-state index contributed by atoms with van der Waals surface area (Å²) in [6.07, 6.45) is 5.54. The van der Waals surface area contributed by atoms with E-state index in [1.54, 1.807) is 13.3 Å². The zero-order valence-electron chi connectivity index (χ0n) is 17.1. The van der Waals surface area contributed by atoms with Gasteiger partial charge in [0.15, 0.2) is 5.84 Å². The maximum atomic E-state index is 5.44. The first-order valence-corrected chi connectivity index (χ1v) is 9.92. The lowest BCUT2D eigenvalue weighted by molar-refractivity contribution is 0.416. The molecule has 0 radical (unpaired) electrons. The maximum absolute atomic E-state index is 5.44. The molecule has 0 saturated heterocycles. The summed E-state index contributed by atoms with van der Waals surface area (Å²) in [5, 5.41) is 5.39. The normalized spacial score (nSPS) is 12.0. The van der Waals surface area contributed by atoms with E-state index >= 15 is 0 Å². The minimum atomic E-state index is 0.527. The first-order valence-electron chi connectivity index (χ1n) is 9.92. The van der Waals surface area contributed by atoms with Gasteiger partial charge in [-0.2, -0.15) is 5.10 Å². The number of amidine groups is 1. The van der Waals surface area contributed by atoms with E-state index < -0.39 is 0 Å². The van der Waals surface area contributed by atoms with E-state index in [0.717, 1.165) is 16.5 Å². The molecule has 0 aliphatic heterocycles. The van der Waals surface area contributed by atoms with Crippen LogP contribution in [0.2, 0.25) is 0 Å². The summed E-state index contributed by atoms with van der Waals surface area (Å²) in [6, 6.07) is 29.6. The van der Waals surface area contributed by atoms with E-state index in [4.69, 9.17) is 14.7 Å². The molecular weight excluding hydrogens is 384 g/mol. The number of nitrogens with zero attached hydrogens (tertiary/aromatic N) is 3. The van der Waals surface area contributed by atoms with Crippen molar-refractivity contribution in [2.45, 2.75) is 0 Å². The zero-order valence-corrected chi connectivity index (χ0v) is 17.1. The molecule has 5 heteroatoms. The Balaban J connectivity index is 1.64. The van der Waals surface area contributed by atoms with Crippen molar-refractivity contribution in [2.24, 2.45) is 10.1 Å². The molecule has 3 aromatic carbocycles. The smallest absolute Gasteiger partial charge is 0.173 e. The second-order valence-electron chi connectivity index (χ2n) is 6.68. The molecule has 1 heterocycles. The van der Waals surface area contributed by atoms with Gasteiger partial charge in [0.25, 0.3) is 0 Å². The van der Waals surface area contributed by atoms with Crippen LogP contribution in [0.3, 0.4) is 0 Å². The fourth-order valence-corrected chi connectivity index (χ4v) is 3.04. The van der Waals surface area contributed by atoms with Crippen LogP contribution in [-0.4, -0.2) is 24.1 Å². The average molecular weight is 406 g/mol. The lowest BCUT2D eigenvalue weighted by Gasteiger charge is -2.09. The third-order valence-electron chi connectivity index (χ3n) is 4.58. The van der Waals surface area contributed by atoms with Crippen LogP contribution in [0.25, 0.3) is 17.0 Å². The number of hydrogen-bond acceptors (Lipinski definition) is 4. The number of allylic oxidation sites excluding steroid dienone is 1. The van der Waals surface area contributed by atoms with Gasteiger partial charge in [0.05, 0.1) is 12.6 Å². The molecule has 0 unspecified atom stereocenters. The van der Waals surface area contributed by atoms with Crippen molar-refractivity contribution >= 4 is 34.7 Å². The number of fused-ring (bicyclic) bond motifs is 1. The maximum Gasteiger partial charge on any atom is 0.173 e. The number of ether oxygens (including phenoxy) is 1. The molecule has 31 heavy (non-hydrogen) atoms. The molecule has 4 aromatic rings. The first kappa shape index (κ1) is 20.0. The van der Waals surface area contributed by atoms with Gasteiger partial charge in [0.1, 0.15) is 17.1 Å². The highest BCUT2D eigenvalue weighted by Crippen LogP contribution is 2.27. The standard InChI is InChI=1S/C26H22N4O/c1-31-25-16-8-7-15-23(25)29-26(24-18-17-21-13-5-6-14-22(21)28-24)30-27-19-9-12-20-10-3-2-4-11-20/h2-19H,1H3,(H,29,30)/b12-9+,27-19-. The summed E-state index contributed by atoms with van der Waals surface area (Å²) < 4.78 is 5.44. The molecule has 5 nitrogen and oxygen atoms in total. The summed E-state index contributed by atoms with van der Waals surface area (Å²) in [4.78, 5) is 9.49. The van der Waals surface area contributed by atoms with Gasteiger partial charge < -0.3 is 4.74 Å². The zero-order chi connectivity index (χ0) is 21.3. The molecule has 1 N–H and O–H groups in total. The van der Waals surface area contributed by atoms with Crippen molar-refractivity contribution in [1.29, 1.82) is 0 Å². The number of nitrogens with one attached hydrogen (secondary N) is 1. The highest BCUT2D eigenvalue weighted by Gasteiger charge is 2.08. The lowest BCUT2D eigenvalue weighted by atomic mass is 10.2. The van der Waals surface area contributed by atoms with Crippen LogP contribution in [0, 0.1) is 0 Å². The van der Waals surface area contributed by atoms with E-state index in [9.17, 15) is 0 Å². The summed E-state index contributed by atoms with van der Waals surface area (Å²) in [7, 11) is 1.63. The number of aromatic nitrogens is 1. The van der Waals surface area contributed by atoms with Crippen molar-refractivity contribution < 1.29 is 4.74 Å². The molecular formula is C26H22N4O. The van der Waals surface area contributed by atoms with Crippen LogP contribution < -0.4 is 10.2 Å². The number of aliphatic imine (C=N–C) groups is 1. The lowest BCUT2D eigenvalue weighted by Crippen LogP contribution is -2.20. The predicted molar refractivity (Wildman–Crippen MR) is 128 cm³/mol. The van der Waals surface area contributed by atoms with Crippen LogP contribution in [0.1, 0.15) is 11.3 Å². The van der Waals surface area contributed by atoms with Crippen LogP contribution in [0.5, 0.6) is 5.75 Å². The molecule has 0 atom stereocenters. The minimum absolute atomic E-state index is 0.527. The van der Waals surface area contributed by atoms with Crippen molar-refractivity contribution in [3.05, 3.63) is 108 Å². The van der Waals surface area contributed by atoms with Crippen LogP contribution in [0.15, 0.2) is 107 Å². The van der Waals surface area contributed by atoms with E-state index in [-0.39, 0.29) is 0 Å². The average Bonchev–Trinajstić information content (AvgIpc) is 2.83. The SMILES string of the molecule is COc1ccccc1N=C(N/N=C\C=C\c1ccccc1)c1ccc2ccccc2n1. The van der Waals surface area contributed by atoms with Gasteiger partial charge in [0.2, 0.25) is 0 Å². The summed E-state index contributed by atoms with van der Waals surface area (Å²) in [6.45, 7) is 0. The summed E-state index contributed by atoms with van der Waals surface area (Å²) >= 11 is 0. The minimum Gasteiger partial charge on any atom is -0.494 e. The largest absolute Gasteiger partial charge is 0.494 e. The van der Waals surface area contributed by atoms with Gasteiger partial charge in [-0.1, -0.05) is 72.8 Å². The molecule has 0 amide bonds. The molecule has 0 bridgehead atoms. The molecule has 1 aromatic heterocycles. The third kappa shape index (κ3) is 5.22. The molecule has 0 aliphatic carbocycles. The van der Waals surface area contributed by atoms with E-state index in [0.29, 0.717) is 23.0 Å². The second kappa shape index (κ2) is 9.98. The Morgan fingerprint density at radius 3 is 2.52 bits per heavy atom. The Kier molecular flexibility index (Phi) is 6.45. The van der Waals surface area contributed by atoms with Gasteiger partial charge in [-0.05, 0) is 35.9 Å². The number of hydrazone groups is 1. The molecule has 0 aliphatic rings. The van der Waals surface area contributed by atoms with Crippen molar-refractivity contribution in [3.8, 4) is 5.75 Å².